The summed E-state index contributed by atoms with van der Waals surface area (Å²) in [4.78, 5) is 10.3. The first-order valence-corrected chi connectivity index (χ1v) is 3.53. The van der Waals surface area contributed by atoms with Gasteiger partial charge in [0.2, 0.25) is 0 Å². The van der Waals surface area contributed by atoms with E-state index < -0.39 is 12.6 Å². The molecule has 1 atom stereocenters. The van der Waals surface area contributed by atoms with E-state index in [0.717, 1.165) is 0 Å². The monoisotopic (exact) mass is 164 g/mol. The molecule has 0 heterocycles. The number of carbonyl (C=O) groups is 1. The molecule has 0 amide bonds. The van der Waals surface area contributed by atoms with Gasteiger partial charge in [-0.2, -0.15) is 0 Å². The van der Waals surface area contributed by atoms with Gasteiger partial charge in [-0.05, 0) is 13.8 Å². The Morgan fingerprint density at radius 3 is 2.73 bits per heavy atom. The van der Waals surface area contributed by atoms with E-state index in [-0.39, 0.29) is 6.10 Å². The molecule has 4 heteroatoms. The van der Waals surface area contributed by atoms with E-state index in [4.69, 9.17) is 4.74 Å². The second-order valence-corrected chi connectivity index (χ2v) is 2.09. The zero-order valence-corrected chi connectivity index (χ0v) is 6.80. The Balaban J connectivity index is 3.35. The molecule has 0 saturated carbocycles. The van der Waals surface area contributed by atoms with Crippen molar-refractivity contribution in [3.8, 4) is 0 Å². The number of hydrogen-bond acceptors (Lipinski definition) is 3. The summed E-state index contributed by atoms with van der Waals surface area (Å²) in [5, 5.41) is 0. The van der Waals surface area contributed by atoms with Gasteiger partial charge < -0.3 is 9.47 Å². The highest BCUT2D eigenvalue weighted by Crippen LogP contribution is 1.92. The molecule has 0 aliphatic rings. The van der Waals surface area contributed by atoms with Crippen LogP contribution < -0.4 is 0 Å². The number of hydrogen-bond donors (Lipinski definition) is 0. The SMILES string of the molecule is CCOCC(C)OC(=O)CF. The summed E-state index contributed by atoms with van der Waals surface area (Å²) in [5.74, 6) is -0.836. The van der Waals surface area contributed by atoms with Crippen LogP contribution in [-0.4, -0.2) is 32.0 Å². The lowest BCUT2D eigenvalue weighted by Crippen LogP contribution is -2.21. The maximum atomic E-state index is 11.6. The summed E-state index contributed by atoms with van der Waals surface area (Å²) in [5.41, 5.74) is 0. The van der Waals surface area contributed by atoms with Gasteiger partial charge in [-0.25, -0.2) is 9.18 Å². The fourth-order valence-electron chi connectivity index (χ4n) is 0.574. The minimum atomic E-state index is -1.07. The van der Waals surface area contributed by atoms with Gasteiger partial charge in [-0.15, -0.1) is 0 Å². The molecule has 0 aromatic heterocycles. The van der Waals surface area contributed by atoms with Crippen LogP contribution in [0.3, 0.4) is 0 Å². The molecule has 0 aliphatic carbocycles. The lowest BCUT2D eigenvalue weighted by atomic mass is 10.4. The van der Waals surface area contributed by atoms with Gasteiger partial charge in [-0.3, -0.25) is 0 Å². The van der Waals surface area contributed by atoms with Crippen molar-refractivity contribution >= 4 is 5.97 Å². The van der Waals surface area contributed by atoms with E-state index in [1.54, 1.807) is 6.92 Å². The normalized spacial score (nSPS) is 12.6. The van der Waals surface area contributed by atoms with Gasteiger partial charge in [0.1, 0.15) is 6.10 Å². The summed E-state index contributed by atoms with van der Waals surface area (Å²) < 4.78 is 21.1. The van der Waals surface area contributed by atoms with Gasteiger partial charge >= 0.3 is 5.97 Å². The molecule has 0 aromatic carbocycles. The van der Waals surface area contributed by atoms with Crippen LogP contribution in [0.25, 0.3) is 0 Å². The fourth-order valence-corrected chi connectivity index (χ4v) is 0.574. The molecule has 11 heavy (non-hydrogen) atoms. The number of alkyl halides is 1. The zero-order chi connectivity index (χ0) is 8.69. The molecular weight excluding hydrogens is 151 g/mol. The largest absolute Gasteiger partial charge is 0.458 e. The first-order chi connectivity index (χ1) is 5.20. The molecule has 0 aromatic rings. The first-order valence-electron chi connectivity index (χ1n) is 3.53. The number of rotatable bonds is 5. The van der Waals surface area contributed by atoms with Gasteiger partial charge in [0.25, 0.3) is 0 Å². The van der Waals surface area contributed by atoms with E-state index in [1.807, 2.05) is 6.92 Å². The van der Waals surface area contributed by atoms with Crippen LogP contribution in [0, 0.1) is 0 Å². The molecule has 1 unspecified atom stereocenters. The van der Waals surface area contributed by atoms with Gasteiger partial charge in [0.15, 0.2) is 6.67 Å². The average molecular weight is 164 g/mol. The van der Waals surface area contributed by atoms with Crippen LogP contribution in [0.4, 0.5) is 4.39 Å². The predicted molar refractivity (Wildman–Crippen MR) is 38.0 cm³/mol. The molecule has 0 fully saturated rings. The molecule has 0 N–H and O–H groups in total. The van der Waals surface area contributed by atoms with Crippen molar-refractivity contribution in [2.24, 2.45) is 0 Å². The maximum absolute atomic E-state index is 11.6. The van der Waals surface area contributed by atoms with Crippen molar-refractivity contribution in [1.82, 2.24) is 0 Å². The van der Waals surface area contributed by atoms with Gasteiger partial charge in [-0.1, -0.05) is 0 Å². The van der Waals surface area contributed by atoms with E-state index in [1.165, 1.54) is 0 Å². The first kappa shape index (κ1) is 10.4. The molecule has 3 nitrogen and oxygen atoms in total. The number of ether oxygens (including phenoxy) is 2. The highest BCUT2D eigenvalue weighted by molar-refractivity contribution is 5.70. The van der Waals surface area contributed by atoms with Crippen LogP contribution >= 0.6 is 0 Å². The van der Waals surface area contributed by atoms with Gasteiger partial charge in [0.05, 0.1) is 6.61 Å². The van der Waals surface area contributed by atoms with Crippen molar-refractivity contribution in [2.75, 3.05) is 19.9 Å². The molecule has 0 radical (unpaired) electrons. The minimum Gasteiger partial charge on any atom is -0.458 e. The lowest BCUT2D eigenvalue weighted by Gasteiger charge is -2.10. The average Bonchev–Trinajstić information content (AvgIpc) is 2.00. The van der Waals surface area contributed by atoms with E-state index in [2.05, 4.69) is 4.74 Å². The van der Waals surface area contributed by atoms with Crippen LogP contribution in [0.15, 0.2) is 0 Å². The third-order valence-corrected chi connectivity index (χ3v) is 0.998. The third kappa shape index (κ3) is 5.79. The summed E-state index contributed by atoms with van der Waals surface area (Å²) >= 11 is 0. The smallest absolute Gasteiger partial charge is 0.337 e. The minimum absolute atomic E-state index is 0.322. The van der Waals surface area contributed by atoms with Crippen molar-refractivity contribution in [1.29, 1.82) is 0 Å². The Kier molecular flexibility index (Phi) is 5.74. The highest BCUT2D eigenvalue weighted by atomic mass is 19.1. The topological polar surface area (TPSA) is 35.5 Å². The van der Waals surface area contributed by atoms with Crippen molar-refractivity contribution in [3.63, 3.8) is 0 Å². The standard InChI is InChI=1S/C7H13FO3/c1-3-10-5-6(2)11-7(9)4-8/h6H,3-5H2,1-2H3. The van der Waals surface area contributed by atoms with Crippen molar-refractivity contribution < 1.29 is 18.7 Å². The van der Waals surface area contributed by atoms with Crippen LogP contribution in [0.2, 0.25) is 0 Å². The van der Waals surface area contributed by atoms with E-state index >= 15 is 0 Å². The molecule has 66 valence electrons. The Morgan fingerprint density at radius 1 is 1.64 bits per heavy atom. The second-order valence-electron chi connectivity index (χ2n) is 2.09. The fraction of sp³-hybridized carbons (Fsp3) is 0.857. The van der Waals surface area contributed by atoms with Crippen molar-refractivity contribution in [3.05, 3.63) is 0 Å². The molecule has 0 saturated heterocycles. The molecule has 0 aliphatic heterocycles. The third-order valence-electron chi connectivity index (χ3n) is 0.998. The van der Waals surface area contributed by atoms with Gasteiger partial charge in [0, 0.05) is 6.61 Å². The molecule has 0 spiro atoms. The Morgan fingerprint density at radius 2 is 2.27 bits per heavy atom. The lowest BCUT2D eigenvalue weighted by molar-refractivity contribution is -0.151. The van der Waals surface area contributed by atoms with Crippen LogP contribution in [0.5, 0.6) is 0 Å². The quantitative estimate of drug-likeness (QED) is 0.567. The van der Waals surface area contributed by atoms with Crippen molar-refractivity contribution in [2.45, 2.75) is 20.0 Å². The second kappa shape index (κ2) is 6.09. The molecule has 0 rings (SSSR count). The summed E-state index contributed by atoms with van der Waals surface area (Å²) in [6, 6.07) is 0. The Labute approximate surface area is 65.5 Å². The van der Waals surface area contributed by atoms with Crippen LogP contribution in [-0.2, 0) is 14.3 Å². The van der Waals surface area contributed by atoms with Crippen LogP contribution in [0.1, 0.15) is 13.8 Å². The Bertz CT molecular complexity index is 116. The summed E-state index contributed by atoms with van der Waals surface area (Å²) in [7, 11) is 0. The molecule has 0 bridgehead atoms. The number of carbonyl (C=O) groups excluding carboxylic acids is 1. The summed E-state index contributed by atoms with van der Waals surface area (Å²) in [6.45, 7) is 3.31. The van der Waals surface area contributed by atoms with E-state index in [0.29, 0.717) is 13.2 Å². The number of halogens is 1. The molecular formula is C7H13FO3. The van der Waals surface area contributed by atoms with E-state index in [9.17, 15) is 9.18 Å². The Hall–Kier alpha value is -0.640. The predicted octanol–water partition coefficient (Wildman–Crippen LogP) is 0.924. The maximum Gasteiger partial charge on any atom is 0.337 e. The zero-order valence-electron chi connectivity index (χ0n) is 6.80. The summed E-state index contributed by atoms with van der Waals surface area (Å²) in [6.07, 6.45) is -0.363. The highest BCUT2D eigenvalue weighted by Gasteiger charge is 2.07. The number of esters is 1.